The average molecular weight is 376 g/mol. The van der Waals surface area contributed by atoms with Crippen molar-refractivity contribution in [3.8, 4) is 0 Å². The van der Waals surface area contributed by atoms with Crippen LogP contribution in [0.2, 0.25) is 0 Å². The molecule has 1 aliphatic heterocycles. The molecule has 2 aromatic rings. The Bertz CT molecular complexity index is 879. The summed E-state index contributed by atoms with van der Waals surface area (Å²) < 4.78 is 28.2. The lowest BCUT2D eigenvalue weighted by molar-refractivity contribution is 0.0933. The maximum atomic E-state index is 13.4. The van der Waals surface area contributed by atoms with E-state index in [9.17, 15) is 18.4 Å². The Balaban J connectivity index is 1.89. The fraction of sp³-hybridized carbons (Fsp3) is 0.421. The van der Waals surface area contributed by atoms with Gasteiger partial charge in [-0.2, -0.15) is 0 Å². The van der Waals surface area contributed by atoms with E-state index in [1.165, 1.54) is 6.07 Å². The molecule has 1 aromatic heterocycles. The molecule has 1 aromatic carbocycles. The minimum atomic E-state index is -1.05. The molecule has 1 atom stereocenters. The zero-order valence-corrected chi connectivity index (χ0v) is 15.3. The molecule has 0 bridgehead atoms. The van der Waals surface area contributed by atoms with E-state index in [4.69, 9.17) is 0 Å². The molecule has 0 aliphatic carbocycles. The number of carbonyl (C=O) groups excluding carboxylic acids is 2. The maximum absolute atomic E-state index is 13.4. The number of amides is 2. The van der Waals surface area contributed by atoms with Crippen LogP contribution >= 0.6 is 0 Å². The first-order valence-electron chi connectivity index (χ1n) is 9.07. The van der Waals surface area contributed by atoms with Crippen molar-refractivity contribution in [3.05, 3.63) is 47.0 Å². The summed E-state index contributed by atoms with van der Waals surface area (Å²) in [5.74, 6) is -2.81. The molecule has 0 saturated heterocycles. The smallest absolute Gasteiger partial charge is 0.291 e. The summed E-state index contributed by atoms with van der Waals surface area (Å²) in [7, 11) is 0. The van der Waals surface area contributed by atoms with E-state index in [2.05, 4.69) is 15.6 Å². The van der Waals surface area contributed by atoms with Crippen molar-refractivity contribution in [1.82, 2.24) is 14.9 Å². The minimum absolute atomic E-state index is 0.00194. The van der Waals surface area contributed by atoms with Gasteiger partial charge in [-0.15, -0.1) is 0 Å². The van der Waals surface area contributed by atoms with Gasteiger partial charge in [-0.05, 0) is 44.7 Å². The second-order valence-electron chi connectivity index (χ2n) is 6.71. The fourth-order valence-corrected chi connectivity index (χ4v) is 3.05. The summed E-state index contributed by atoms with van der Waals surface area (Å²) in [6.45, 7) is 4.45. The maximum Gasteiger partial charge on any atom is 0.291 e. The van der Waals surface area contributed by atoms with Crippen LogP contribution in [0.3, 0.4) is 0 Å². The predicted molar refractivity (Wildman–Crippen MR) is 96.7 cm³/mol. The first-order chi connectivity index (χ1) is 12.9. The van der Waals surface area contributed by atoms with Gasteiger partial charge in [-0.25, -0.2) is 13.8 Å². The molecule has 1 unspecified atom stereocenters. The molecule has 0 saturated carbocycles. The molecular weight excluding hydrogens is 354 g/mol. The lowest BCUT2D eigenvalue weighted by Gasteiger charge is -2.17. The predicted octanol–water partition coefficient (Wildman–Crippen LogP) is 3.28. The van der Waals surface area contributed by atoms with Gasteiger partial charge in [-0.3, -0.25) is 9.59 Å². The van der Waals surface area contributed by atoms with E-state index in [0.29, 0.717) is 13.0 Å². The summed E-state index contributed by atoms with van der Waals surface area (Å²) in [5, 5.41) is 5.39. The van der Waals surface area contributed by atoms with Gasteiger partial charge in [0.25, 0.3) is 11.8 Å². The van der Waals surface area contributed by atoms with Gasteiger partial charge in [0.1, 0.15) is 5.69 Å². The van der Waals surface area contributed by atoms with E-state index < -0.39 is 17.5 Å². The molecule has 0 radical (unpaired) electrons. The van der Waals surface area contributed by atoms with E-state index >= 15 is 0 Å². The largest absolute Gasteiger partial charge is 0.348 e. The molecule has 144 valence electrons. The van der Waals surface area contributed by atoms with Crippen molar-refractivity contribution in [2.45, 2.75) is 52.1 Å². The number of imidazole rings is 1. The highest BCUT2D eigenvalue weighted by atomic mass is 19.2. The molecule has 0 spiro atoms. The molecule has 6 nitrogen and oxygen atoms in total. The average Bonchev–Trinajstić information content (AvgIpc) is 3.04. The zero-order chi connectivity index (χ0) is 19.6. The van der Waals surface area contributed by atoms with Crippen molar-refractivity contribution >= 4 is 17.5 Å². The zero-order valence-electron chi connectivity index (χ0n) is 15.3. The van der Waals surface area contributed by atoms with Gasteiger partial charge < -0.3 is 15.2 Å². The van der Waals surface area contributed by atoms with Crippen LogP contribution < -0.4 is 10.6 Å². The fourth-order valence-electron chi connectivity index (χ4n) is 3.05. The van der Waals surface area contributed by atoms with E-state index in [1.54, 1.807) is 4.57 Å². The summed E-state index contributed by atoms with van der Waals surface area (Å²) in [5.41, 5.74) is 1.11. The van der Waals surface area contributed by atoms with Gasteiger partial charge in [-0.1, -0.05) is 6.92 Å². The van der Waals surface area contributed by atoms with Crippen LogP contribution in [0.1, 0.15) is 59.9 Å². The first kappa shape index (κ1) is 19.0. The Labute approximate surface area is 156 Å². The number of hydrogen-bond donors (Lipinski definition) is 2. The normalized spacial score (nSPS) is 14.4. The number of hydrogen-bond acceptors (Lipinski definition) is 3. The number of rotatable bonds is 5. The number of nitrogens with zero attached hydrogens (tertiary/aromatic N) is 2. The highest BCUT2D eigenvalue weighted by molar-refractivity contribution is 6.03. The van der Waals surface area contributed by atoms with Crippen LogP contribution in [-0.4, -0.2) is 27.4 Å². The molecule has 2 heterocycles. The van der Waals surface area contributed by atoms with Gasteiger partial charge in [0.05, 0.1) is 5.69 Å². The van der Waals surface area contributed by atoms with Crippen molar-refractivity contribution in [1.29, 1.82) is 0 Å². The van der Waals surface area contributed by atoms with Gasteiger partial charge in [0.2, 0.25) is 0 Å². The van der Waals surface area contributed by atoms with Crippen molar-refractivity contribution in [2.24, 2.45) is 0 Å². The summed E-state index contributed by atoms with van der Waals surface area (Å²) >= 11 is 0. The van der Waals surface area contributed by atoms with Gasteiger partial charge in [0.15, 0.2) is 17.5 Å². The number of aromatic nitrogens is 2. The Morgan fingerprint density at radius 3 is 2.70 bits per heavy atom. The van der Waals surface area contributed by atoms with Gasteiger partial charge >= 0.3 is 0 Å². The van der Waals surface area contributed by atoms with Crippen molar-refractivity contribution in [2.75, 3.05) is 5.32 Å². The number of carbonyl (C=O) groups is 2. The second kappa shape index (κ2) is 7.85. The number of benzene rings is 1. The Hall–Kier alpha value is -2.77. The van der Waals surface area contributed by atoms with Crippen LogP contribution in [0.15, 0.2) is 18.2 Å². The third kappa shape index (κ3) is 3.99. The number of nitrogens with one attached hydrogen (secondary N) is 2. The van der Waals surface area contributed by atoms with E-state index in [-0.39, 0.29) is 29.2 Å². The summed E-state index contributed by atoms with van der Waals surface area (Å²) in [4.78, 5) is 29.5. The lowest BCUT2D eigenvalue weighted by Crippen LogP contribution is -2.33. The molecule has 2 amide bonds. The number of anilines is 1. The topological polar surface area (TPSA) is 76.0 Å². The standard InChI is InChI=1S/C19H22F2N4O2/c1-3-11(2)22-18(26)16-15-6-4-5-9-25(15)17(24-16)19(27)23-12-7-8-13(20)14(21)10-12/h7-8,10-11H,3-6,9H2,1-2H3,(H,22,26)(H,23,27). The molecular formula is C19H22F2N4O2. The van der Waals surface area contributed by atoms with Crippen molar-refractivity contribution in [3.63, 3.8) is 0 Å². The van der Waals surface area contributed by atoms with E-state index in [0.717, 1.165) is 37.1 Å². The molecule has 2 N–H and O–H groups in total. The quantitative estimate of drug-likeness (QED) is 0.841. The molecule has 8 heteroatoms. The van der Waals surface area contributed by atoms with Crippen LogP contribution in [0, 0.1) is 11.6 Å². The monoisotopic (exact) mass is 376 g/mol. The lowest BCUT2D eigenvalue weighted by atomic mass is 10.1. The Morgan fingerprint density at radius 2 is 2.00 bits per heavy atom. The van der Waals surface area contributed by atoms with Crippen LogP contribution in [0.25, 0.3) is 0 Å². The Kier molecular flexibility index (Phi) is 5.53. The molecule has 27 heavy (non-hydrogen) atoms. The number of halogens is 2. The highest BCUT2D eigenvalue weighted by Crippen LogP contribution is 2.22. The van der Waals surface area contributed by atoms with E-state index in [1.807, 2.05) is 13.8 Å². The molecule has 0 fully saturated rings. The van der Waals surface area contributed by atoms with Gasteiger partial charge in [0, 0.05) is 24.3 Å². The van der Waals surface area contributed by atoms with Crippen LogP contribution in [0.5, 0.6) is 0 Å². The summed E-state index contributed by atoms with van der Waals surface area (Å²) in [6, 6.07) is 3.12. The number of fused-ring (bicyclic) bond motifs is 1. The Morgan fingerprint density at radius 1 is 1.22 bits per heavy atom. The highest BCUT2D eigenvalue weighted by Gasteiger charge is 2.28. The van der Waals surface area contributed by atoms with Crippen LogP contribution in [-0.2, 0) is 13.0 Å². The van der Waals surface area contributed by atoms with Crippen molar-refractivity contribution < 1.29 is 18.4 Å². The SMILES string of the molecule is CCC(C)NC(=O)c1nc(C(=O)Nc2ccc(F)c(F)c2)n2c1CCCC2. The van der Waals surface area contributed by atoms with Crippen LogP contribution in [0.4, 0.5) is 14.5 Å². The second-order valence-corrected chi connectivity index (χ2v) is 6.71. The molecule has 3 rings (SSSR count). The first-order valence-corrected chi connectivity index (χ1v) is 9.07. The minimum Gasteiger partial charge on any atom is -0.348 e. The third-order valence-electron chi connectivity index (χ3n) is 4.70. The molecule has 1 aliphatic rings. The third-order valence-corrected chi connectivity index (χ3v) is 4.70. The summed E-state index contributed by atoms with van der Waals surface area (Å²) in [6.07, 6.45) is 3.24.